The average Bonchev–Trinajstić information content (AvgIpc) is 2.51. The molecule has 0 atom stereocenters. The Morgan fingerprint density at radius 1 is 1.50 bits per heavy atom. The average molecular weight is 168 g/mol. The zero-order valence-electron chi connectivity index (χ0n) is 6.28. The molecule has 0 bridgehead atoms. The van der Waals surface area contributed by atoms with E-state index in [4.69, 9.17) is 5.11 Å². The number of rotatable bonds is 4. The number of hydrogen-bond acceptors (Lipinski definition) is 3. The number of ketones is 1. The SMILES string of the molecule is O=C(O)CCC(=O)c1cn[nH]c1. The Labute approximate surface area is 68.4 Å². The lowest BCUT2D eigenvalue weighted by Gasteiger charge is -1.92. The van der Waals surface area contributed by atoms with E-state index in [2.05, 4.69) is 10.2 Å². The molecule has 0 radical (unpaired) electrons. The third kappa shape index (κ3) is 2.19. The van der Waals surface area contributed by atoms with Crippen LogP contribution in [0.5, 0.6) is 0 Å². The van der Waals surface area contributed by atoms with Crippen LogP contribution in [0.25, 0.3) is 0 Å². The summed E-state index contributed by atoms with van der Waals surface area (Å²) in [5, 5.41) is 14.3. The summed E-state index contributed by atoms with van der Waals surface area (Å²) in [7, 11) is 0. The van der Waals surface area contributed by atoms with Crippen LogP contribution in [0.4, 0.5) is 0 Å². The number of aromatic nitrogens is 2. The number of nitrogens with zero attached hydrogens (tertiary/aromatic N) is 1. The highest BCUT2D eigenvalue weighted by molar-refractivity contribution is 5.96. The van der Waals surface area contributed by atoms with Gasteiger partial charge in [-0.1, -0.05) is 0 Å². The number of nitrogens with one attached hydrogen (secondary N) is 1. The van der Waals surface area contributed by atoms with Crippen molar-refractivity contribution < 1.29 is 14.7 Å². The van der Waals surface area contributed by atoms with E-state index >= 15 is 0 Å². The van der Waals surface area contributed by atoms with Gasteiger partial charge in [0.15, 0.2) is 5.78 Å². The number of carboxylic acid groups (broad SMARTS) is 1. The molecule has 2 N–H and O–H groups in total. The smallest absolute Gasteiger partial charge is 0.303 e. The van der Waals surface area contributed by atoms with Crippen molar-refractivity contribution in [3.63, 3.8) is 0 Å². The summed E-state index contributed by atoms with van der Waals surface area (Å²) in [6, 6.07) is 0. The molecule has 0 fully saturated rings. The molecule has 0 aliphatic carbocycles. The minimum Gasteiger partial charge on any atom is -0.481 e. The highest BCUT2D eigenvalue weighted by Crippen LogP contribution is 2.01. The third-order valence-corrected chi connectivity index (χ3v) is 1.39. The van der Waals surface area contributed by atoms with E-state index in [-0.39, 0.29) is 18.6 Å². The van der Waals surface area contributed by atoms with Crippen molar-refractivity contribution in [2.24, 2.45) is 0 Å². The van der Waals surface area contributed by atoms with Crippen LogP contribution in [0, 0.1) is 0 Å². The van der Waals surface area contributed by atoms with E-state index in [9.17, 15) is 9.59 Å². The van der Waals surface area contributed by atoms with Crippen LogP contribution in [-0.4, -0.2) is 27.1 Å². The van der Waals surface area contributed by atoms with Crippen LogP contribution in [0.1, 0.15) is 23.2 Å². The summed E-state index contributed by atoms with van der Waals surface area (Å²) in [6.07, 6.45) is 2.72. The van der Waals surface area contributed by atoms with Gasteiger partial charge in [0.2, 0.25) is 0 Å². The zero-order chi connectivity index (χ0) is 8.97. The van der Waals surface area contributed by atoms with Gasteiger partial charge < -0.3 is 5.11 Å². The van der Waals surface area contributed by atoms with Gasteiger partial charge in [0.25, 0.3) is 0 Å². The summed E-state index contributed by atoms with van der Waals surface area (Å²) in [5.74, 6) is -1.17. The molecule has 0 saturated heterocycles. The number of carbonyl (C=O) groups is 2. The maximum absolute atomic E-state index is 11.1. The van der Waals surface area contributed by atoms with Crippen LogP contribution in [0.2, 0.25) is 0 Å². The lowest BCUT2D eigenvalue weighted by atomic mass is 10.1. The molecule has 5 heteroatoms. The van der Waals surface area contributed by atoms with Crippen LogP contribution >= 0.6 is 0 Å². The number of aromatic amines is 1. The van der Waals surface area contributed by atoms with Gasteiger partial charge in [-0.3, -0.25) is 14.7 Å². The standard InChI is InChI=1S/C7H8N2O3/c10-6(1-2-7(11)12)5-3-8-9-4-5/h3-4H,1-2H2,(H,8,9)(H,11,12). The quantitative estimate of drug-likeness (QED) is 0.639. The third-order valence-electron chi connectivity index (χ3n) is 1.39. The molecule has 64 valence electrons. The van der Waals surface area contributed by atoms with Gasteiger partial charge in [0.05, 0.1) is 18.2 Å². The Balaban J connectivity index is 2.45. The maximum atomic E-state index is 11.1. The van der Waals surface area contributed by atoms with Crippen LogP contribution in [-0.2, 0) is 4.79 Å². The summed E-state index contributed by atoms with van der Waals surface area (Å²) in [5.41, 5.74) is 0.427. The number of H-pyrrole nitrogens is 1. The van der Waals surface area contributed by atoms with Gasteiger partial charge in [-0.15, -0.1) is 0 Å². The first kappa shape index (κ1) is 8.45. The topological polar surface area (TPSA) is 83.0 Å². The molecular formula is C7H8N2O3. The van der Waals surface area contributed by atoms with E-state index in [0.29, 0.717) is 5.56 Å². The summed E-state index contributed by atoms with van der Waals surface area (Å²) < 4.78 is 0. The van der Waals surface area contributed by atoms with Gasteiger partial charge in [-0.25, -0.2) is 0 Å². The fourth-order valence-corrected chi connectivity index (χ4v) is 0.768. The molecule has 1 heterocycles. The number of Topliss-reactive ketones (excluding diaryl/α,β-unsaturated/α-hetero) is 1. The van der Waals surface area contributed by atoms with Crippen molar-refractivity contribution >= 4 is 11.8 Å². The van der Waals surface area contributed by atoms with Crippen LogP contribution < -0.4 is 0 Å². The molecule has 5 nitrogen and oxygen atoms in total. The van der Waals surface area contributed by atoms with Gasteiger partial charge >= 0.3 is 5.97 Å². The van der Waals surface area contributed by atoms with E-state index in [1.54, 1.807) is 0 Å². The Morgan fingerprint density at radius 3 is 2.75 bits per heavy atom. The Hall–Kier alpha value is -1.65. The molecule has 0 spiro atoms. The largest absolute Gasteiger partial charge is 0.481 e. The molecule has 0 amide bonds. The highest BCUT2D eigenvalue weighted by Gasteiger charge is 2.08. The zero-order valence-corrected chi connectivity index (χ0v) is 6.28. The molecule has 1 aromatic rings. The van der Waals surface area contributed by atoms with Crippen molar-refractivity contribution in [1.29, 1.82) is 0 Å². The summed E-state index contributed by atoms with van der Waals surface area (Å²) in [4.78, 5) is 21.2. The molecular weight excluding hydrogens is 160 g/mol. The first-order chi connectivity index (χ1) is 5.70. The molecule has 0 aliphatic rings. The molecule has 12 heavy (non-hydrogen) atoms. The fourth-order valence-electron chi connectivity index (χ4n) is 0.768. The first-order valence-corrected chi connectivity index (χ1v) is 3.44. The van der Waals surface area contributed by atoms with Crippen molar-refractivity contribution in [3.05, 3.63) is 18.0 Å². The van der Waals surface area contributed by atoms with Crippen LogP contribution in [0.15, 0.2) is 12.4 Å². The van der Waals surface area contributed by atoms with Crippen LogP contribution in [0.3, 0.4) is 0 Å². The minimum atomic E-state index is -0.966. The van der Waals surface area contributed by atoms with Gasteiger partial charge in [-0.05, 0) is 0 Å². The Bertz CT molecular complexity index is 279. The predicted octanol–water partition coefficient (Wildman–Crippen LogP) is 0.457. The number of hydrogen-bond donors (Lipinski definition) is 2. The second kappa shape index (κ2) is 3.66. The molecule has 0 saturated carbocycles. The fraction of sp³-hybridized carbons (Fsp3) is 0.286. The van der Waals surface area contributed by atoms with Crippen molar-refractivity contribution in [2.45, 2.75) is 12.8 Å². The monoisotopic (exact) mass is 168 g/mol. The van der Waals surface area contributed by atoms with Gasteiger partial charge in [0.1, 0.15) is 0 Å². The molecule has 0 aliphatic heterocycles. The second-order valence-corrected chi connectivity index (χ2v) is 2.30. The Kier molecular flexibility index (Phi) is 2.57. The van der Waals surface area contributed by atoms with E-state index in [1.807, 2.05) is 0 Å². The lowest BCUT2D eigenvalue weighted by molar-refractivity contribution is -0.136. The van der Waals surface area contributed by atoms with Crippen molar-refractivity contribution in [2.75, 3.05) is 0 Å². The van der Waals surface area contributed by atoms with E-state index in [0.717, 1.165) is 0 Å². The van der Waals surface area contributed by atoms with Gasteiger partial charge in [-0.2, -0.15) is 5.10 Å². The summed E-state index contributed by atoms with van der Waals surface area (Å²) in [6.45, 7) is 0. The highest BCUT2D eigenvalue weighted by atomic mass is 16.4. The first-order valence-electron chi connectivity index (χ1n) is 3.44. The number of carbonyl (C=O) groups excluding carboxylic acids is 1. The lowest BCUT2D eigenvalue weighted by Crippen LogP contribution is -2.02. The maximum Gasteiger partial charge on any atom is 0.303 e. The molecule has 0 aromatic carbocycles. The summed E-state index contributed by atoms with van der Waals surface area (Å²) >= 11 is 0. The second-order valence-electron chi connectivity index (χ2n) is 2.30. The van der Waals surface area contributed by atoms with E-state index in [1.165, 1.54) is 12.4 Å². The van der Waals surface area contributed by atoms with Crippen molar-refractivity contribution in [3.8, 4) is 0 Å². The van der Waals surface area contributed by atoms with E-state index < -0.39 is 5.97 Å². The predicted molar refractivity (Wildman–Crippen MR) is 39.8 cm³/mol. The molecule has 1 aromatic heterocycles. The Morgan fingerprint density at radius 2 is 2.25 bits per heavy atom. The minimum absolute atomic E-state index is 0.0227. The van der Waals surface area contributed by atoms with Gasteiger partial charge in [0, 0.05) is 12.6 Å². The molecule has 0 unspecified atom stereocenters. The molecule has 1 rings (SSSR count). The number of aliphatic carboxylic acids is 1. The number of carboxylic acids is 1. The normalized spacial score (nSPS) is 9.67. The van der Waals surface area contributed by atoms with Crippen molar-refractivity contribution in [1.82, 2.24) is 10.2 Å².